The Hall–Kier alpha value is -2.68. The van der Waals surface area contributed by atoms with E-state index in [-0.39, 0.29) is 24.9 Å². The summed E-state index contributed by atoms with van der Waals surface area (Å²) in [5.41, 5.74) is 10.2. The molecular weight excluding hydrogens is 375 g/mol. The smallest absolute Gasteiger partial charge is 0.389 e. The fourth-order valence-electron chi connectivity index (χ4n) is 3.02. The number of rotatable bonds is 6. The zero-order chi connectivity index (χ0) is 20.3. The zero-order valence-electron chi connectivity index (χ0n) is 15.3. The number of carbonyl (C=O) groups excluding carboxylic acids is 1. The lowest BCUT2D eigenvalue weighted by Gasteiger charge is -2.32. The summed E-state index contributed by atoms with van der Waals surface area (Å²) in [6.45, 7) is 1.86. The third-order valence-corrected chi connectivity index (χ3v) is 4.39. The molecule has 152 valence electrons. The number of benzene rings is 1. The number of ether oxygens (including phenoxy) is 2. The minimum absolute atomic E-state index is 0.0146. The molecule has 2 aliphatic heterocycles. The van der Waals surface area contributed by atoms with E-state index in [0.29, 0.717) is 18.1 Å². The van der Waals surface area contributed by atoms with E-state index in [2.05, 4.69) is 5.43 Å². The average molecular weight is 397 g/mol. The second-order valence-electron chi connectivity index (χ2n) is 6.80. The molecule has 3 rings (SSSR count). The van der Waals surface area contributed by atoms with Crippen LogP contribution in [-0.2, 0) is 4.79 Å². The van der Waals surface area contributed by atoms with Crippen LogP contribution in [0.1, 0.15) is 25.3 Å². The van der Waals surface area contributed by atoms with Gasteiger partial charge in [-0.25, -0.2) is 0 Å². The maximum Gasteiger partial charge on any atom is 0.389 e. The molecule has 0 fully saturated rings. The lowest BCUT2D eigenvalue weighted by molar-refractivity contribution is -0.136. The Morgan fingerprint density at radius 2 is 2.25 bits per heavy atom. The van der Waals surface area contributed by atoms with E-state index in [1.807, 2.05) is 18.3 Å². The van der Waals surface area contributed by atoms with Gasteiger partial charge in [0.2, 0.25) is 5.91 Å². The second-order valence-corrected chi connectivity index (χ2v) is 6.80. The summed E-state index contributed by atoms with van der Waals surface area (Å²) in [7, 11) is 0. The van der Waals surface area contributed by atoms with E-state index in [0.717, 1.165) is 11.1 Å². The molecule has 2 atom stereocenters. The number of carbonyl (C=O) groups is 1. The monoisotopic (exact) mass is 397 g/mol. The van der Waals surface area contributed by atoms with Crippen molar-refractivity contribution in [3.05, 3.63) is 42.2 Å². The summed E-state index contributed by atoms with van der Waals surface area (Å²) in [5.74, 6) is 0.977. The predicted molar refractivity (Wildman–Crippen MR) is 97.0 cm³/mol. The SMILES string of the molecule is CC(=O)NN1C=CC2COc3cc(OCC(N)CCC(F)(F)F)ccc3C2=C1. The van der Waals surface area contributed by atoms with E-state index in [9.17, 15) is 18.0 Å². The molecule has 2 heterocycles. The fourth-order valence-corrected chi connectivity index (χ4v) is 3.02. The minimum atomic E-state index is -4.22. The maximum atomic E-state index is 12.3. The molecule has 0 aliphatic carbocycles. The number of nitrogens with one attached hydrogen (secondary N) is 1. The fraction of sp³-hybridized carbons (Fsp3) is 0.421. The highest BCUT2D eigenvalue weighted by Gasteiger charge is 2.28. The summed E-state index contributed by atoms with van der Waals surface area (Å²) in [6, 6.07) is 4.54. The summed E-state index contributed by atoms with van der Waals surface area (Å²) < 4.78 is 48.1. The minimum Gasteiger partial charge on any atom is -0.492 e. The maximum absolute atomic E-state index is 12.3. The molecule has 1 aromatic carbocycles. The van der Waals surface area contributed by atoms with Crippen LogP contribution in [0.2, 0.25) is 0 Å². The quantitative estimate of drug-likeness (QED) is 0.772. The van der Waals surface area contributed by atoms with Gasteiger partial charge in [-0.2, -0.15) is 13.2 Å². The van der Waals surface area contributed by atoms with Crippen molar-refractivity contribution in [3.63, 3.8) is 0 Å². The first-order valence-electron chi connectivity index (χ1n) is 8.89. The lowest BCUT2D eigenvalue weighted by Crippen LogP contribution is -2.36. The van der Waals surface area contributed by atoms with Crippen molar-refractivity contribution in [2.75, 3.05) is 13.2 Å². The molecule has 28 heavy (non-hydrogen) atoms. The summed E-state index contributed by atoms with van der Waals surface area (Å²) in [5, 5.41) is 1.59. The molecule has 1 amide bonds. The average Bonchev–Trinajstić information content (AvgIpc) is 2.63. The Bertz CT molecular complexity index is 792. The Balaban J connectivity index is 1.65. The van der Waals surface area contributed by atoms with Crippen LogP contribution in [0.5, 0.6) is 11.5 Å². The third-order valence-electron chi connectivity index (χ3n) is 4.39. The Kier molecular flexibility index (Phi) is 5.83. The second kappa shape index (κ2) is 8.14. The van der Waals surface area contributed by atoms with Crippen LogP contribution in [0.15, 0.2) is 36.7 Å². The van der Waals surface area contributed by atoms with Crippen molar-refractivity contribution in [2.45, 2.75) is 32.0 Å². The van der Waals surface area contributed by atoms with Gasteiger partial charge in [-0.1, -0.05) is 6.08 Å². The van der Waals surface area contributed by atoms with Crippen molar-refractivity contribution in [2.24, 2.45) is 11.7 Å². The van der Waals surface area contributed by atoms with Crippen LogP contribution in [0.4, 0.5) is 13.2 Å². The summed E-state index contributed by atoms with van der Waals surface area (Å²) in [4.78, 5) is 11.3. The largest absolute Gasteiger partial charge is 0.492 e. The van der Waals surface area contributed by atoms with Crippen molar-refractivity contribution in [3.8, 4) is 11.5 Å². The molecule has 0 spiro atoms. The van der Waals surface area contributed by atoms with Crippen LogP contribution >= 0.6 is 0 Å². The number of nitrogens with zero attached hydrogens (tertiary/aromatic N) is 1. The Labute approximate surface area is 160 Å². The zero-order valence-corrected chi connectivity index (χ0v) is 15.3. The van der Waals surface area contributed by atoms with E-state index in [4.69, 9.17) is 15.2 Å². The first-order valence-corrected chi connectivity index (χ1v) is 8.89. The van der Waals surface area contributed by atoms with Crippen molar-refractivity contribution in [1.82, 2.24) is 10.4 Å². The van der Waals surface area contributed by atoms with Crippen LogP contribution in [0, 0.1) is 5.92 Å². The van der Waals surface area contributed by atoms with Gasteiger partial charge in [-0.3, -0.25) is 15.2 Å². The summed E-state index contributed by atoms with van der Waals surface area (Å²) >= 11 is 0. The molecule has 2 unspecified atom stereocenters. The number of hydrazine groups is 1. The van der Waals surface area contributed by atoms with Gasteiger partial charge < -0.3 is 15.2 Å². The van der Waals surface area contributed by atoms with Crippen LogP contribution in [0.3, 0.4) is 0 Å². The molecule has 6 nitrogen and oxygen atoms in total. The van der Waals surface area contributed by atoms with Crippen molar-refractivity contribution >= 4 is 11.5 Å². The molecule has 0 saturated carbocycles. The number of nitrogens with two attached hydrogens (primary N) is 1. The molecule has 0 bridgehead atoms. The predicted octanol–water partition coefficient (Wildman–Crippen LogP) is 2.97. The first kappa shape index (κ1) is 20.1. The van der Waals surface area contributed by atoms with E-state index >= 15 is 0 Å². The van der Waals surface area contributed by atoms with Crippen molar-refractivity contribution < 1.29 is 27.4 Å². The number of alkyl halides is 3. The molecule has 0 radical (unpaired) electrons. The summed E-state index contributed by atoms with van der Waals surface area (Å²) in [6.07, 6.45) is 0.202. The van der Waals surface area contributed by atoms with Gasteiger partial charge in [0.15, 0.2) is 0 Å². The van der Waals surface area contributed by atoms with Gasteiger partial charge in [0.1, 0.15) is 18.1 Å². The first-order chi connectivity index (χ1) is 13.2. The van der Waals surface area contributed by atoms with Gasteiger partial charge in [-0.05, 0) is 24.1 Å². The molecule has 1 aromatic rings. The number of hydrogen-bond donors (Lipinski definition) is 2. The molecular formula is C19H22F3N3O3. The standard InChI is InChI=1S/C19H22F3N3O3/c1-12(26)24-25-7-5-13-10-28-18-8-15(2-3-16(18)17(13)9-25)27-11-14(23)4-6-19(20,21)22/h2-3,5,7-9,13-14H,4,6,10-11,23H2,1H3,(H,24,26). The number of halogens is 3. The van der Waals surface area contributed by atoms with Gasteiger partial charge in [0, 0.05) is 49.3 Å². The molecule has 3 N–H and O–H groups in total. The van der Waals surface area contributed by atoms with Gasteiger partial charge in [0.25, 0.3) is 0 Å². The number of fused-ring (bicyclic) bond motifs is 3. The molecule has 9 heteroatoms. The molecule has 2 aliphatic rings. The van der Waals surface area contributed by atoms with E-state index < -0.39 is 18.6 Å². The van der Waals surface area contributed by atoms with Gasteiger partial charge in [-0.15, -0.1) is 0 Å². The molecule has 0 saturated heterocycles. The highest BCUT2D eigenvalue weighted by Crippen LogP contribution is 2.40. The Morgan fingerprint density at radius 1 is 1.46 bits per heavy atom. The number of amides is 1. The van der Waals surface area contributed by atoms with Crippen LogP contribution in [-0.4, -0.2) is 36.3 Å². The van der Waals surface area contributed by atoms with E-state index in [1.54, 1.807) is 23.3 Å². The Morgan fingerprint density at radius 3 is 2.96 bits per heavy atom. The topological polar surface area (TPSA) is 76.8 Å². The van der Waals surface area contributed by atoms with Crippen molar-refractivity contribution in [1.29, 1.82) is 0 Å². The van der Waals surface area contributed by atoms with E-state index in [1.165, 1.54) is 6.92 Å². The van der Waals surface area contributed by atoms with Crippen LogP contribution in [0.25, 0.3) is 5.57 Å². The molecule has 0 aromatic heterocycles. The van der Waals surface area contributed by atoms with Gasteiger partial charge >= 0.3 is 6.18 Å². The highest BCUT2D eigenvalue weighted by molar-refractivity contribution is 5.77. The lowest BCUT2D eigenvalue weighted by atomic mass is 9.89. The number of hydrogen-bond acceptors (Lipinski definition) is 5. The normalized spacial score (nSPS) is 19.1. The third kappa shape index (κ3) is 5.19. The van der Waals surface area contributed by atoms with Gasteiger partial charge in [0.05, 0.1) is 6.61 Å². The highest BCUT2D eigenvalue weighted by atomic mass is 19.4. The van der Waals surface area contributed by atoms with Crippen LogP contribution < -0.4 is 20.6 Å².